The number of ether oxygens (including phenoxy) is 1. The Balaban J connectivity index is 1.69. The molecule has 0 spiro atoms. The van der Waals surface area contributed by atoms with Crippen LogP contribution in [0, 0.1) is 11.7 Å². The van der Waals surface area contributed by atoms with Gasteiger partial charge in [-0.3, -0.25) is 4.99 Å². The molecule has 0 aromatic heterocycles. The Labute approximate surface area is 157 Å². The molecule has 5 nitrogen and oxygen atoms in total. The molecule has 1 atom stereocenters. The zero-order valence-electron chi connectivity index (χ0n) is 16.3. The molecule has 0 aliphatic carbocycles. The molecule has 1 aliphatic rings. The first-order valence-electron chi connectivity index (χ1n) is 9.66. The average Bonchev–Trinajstić information content (AvgIpc) is 2.65. The Hall–Kier alpha value is -1.82. The molecular formula is C20H33FN4O. The van der Waals surface area contributed by atoms with Crippen LogP contribution < -0.4 is 15.4 Å². The van der Waals surface area contributed by atoms with E-state index in [2.05, 4.69) is 34.5 Å². The van der Waals surface area contributed by atoms with E-state index in [-0.39, 0.29) is 11.9 Å². The van der Waals surface area contributed by atoms with Crippen LogP contribution in [0.5, 0.6) is 5.75 Å². The van der Waals surface area contributed by atoms with E-state index in [1.54, 1.807) is 19.2 Å². The van der Waals surface area contributed by atoms with E-state index in [4.69, 9.17) is 4.74 Å². The van der Waals surface area contributed by atoms with Gasteiger partial charge in [-0.05, 0) is 63.9 Å². The highest BCUT2D eigenvalue weighted by molar-refractivity contribution is 5.79. The van der Waals surface area contributed by atoms with Crippen molar-refractivity contribution in [3.63, 3.8) is 0 Å². The van der Waals surface area contributed by atoms with Crippen molar-refractivity contribution in [2.24, 2.45) is 10.9 Å². The number of nitrogens with one attached hydrogen (secondary N) is 2. The van der Waals surface area contributed by atoms with Gasteiger partial charge in [-0.15, -0.1) is 0 Å². The number of halogens is 1. The molecule has 1 aromatic carbocycles. The topological polar surface area (TPSA) is 48.9 Å². The first kappa shape index (κ1) is 20.5. The molecule has 0 amide bonds. The molecule has 1 heterocycles. The molecule has 1 unspecified atom stereocenters. The van der Waals surface area contributed by atoms with Crippen LogP contribution in [0.15, 0.2) is 29.3 Å². The lowest BCUT2D eigenvalue weighted by atomic mass is 9.94. The SMILES string of the molecule is CCC(CNC(=NC)NCCC1CCN(C)CC1)Oc1cccc(F)c1. The lowest BCUT2D eigenvalue weighted by molar-refractivity contribution is 0.198. The average molecular weight is 365 g/mol. The summed E-state index contributed by atoms with van der Waals surface area (Å²) in [7, 11) is 3.97. The Morgan fingerprint density at radius 2 is 2.12 bits per heavy atom. The van der Waals surface area contributed by atoms with Crippen LogP contribution in [-0.4, -0.2) is 57.2 Å². The van der Waals surface area contributed by atoms with Gasteiger partial charge >= 0.3 is 0 Å². The number of likely N-dealkylation sites (tertiary alicyclic amines) is 1. The number of rotatable bonds is 8. The lowest BCUT2D eigenvalue weighted by Crippen LogP contribution is -2.43. The second-order valence-electron chi connectivity index (χ2n) is 7.02. The number of hydrogen-bond acceptors (Lipinski definition) is 3. The summed E-state index contributed by atoms with van der Waals surface area (Å²) in [5, 5.41) is 6.70. The van der Waals surface area contributed by atoms with Gasteiger partial charge in [0.2, 0.25) is 0 Å². The van der Waals surface area contributed by atoms with Gasteiger partial charge in [0.05, 0.1) is 6.54 Å². The molecule has 1 aliphatic heterocycles. The predicted octanol–water partition coefficient (Wildman–Crippen LogP) is 2.88. The molecule has 2 N–H and O–H groups in total. The van der Waals surface area contributed by atoms with Crippen molar-refractivity contribution in [1.29, 1.82) is 0 Å². The van der Waals surface area contributed by atoms with Crippen LogP contribution >= 0.6 is 0 Å². The van der Waals surface area contributed by atoms with Crippen LogP contribution in [0.3, 0.4) is 0 Å². The Morgan fingerprint density at radius 1 is 1.35 bits per heavy atom. The maximum absolute atomic E-state index is 13.3. The second kappa shape index (κ2) is 11.0. The van der Waals surface area contributed by atoms with E-state index >= 15 is 0 Å². The maximum atomic E-state index is 13.3. The summed E-state index contributed by atoms with van der Waals surface area (Å²) in [5.74, 6) is 1.87. The maximum Gasteiger partial charge on any atom is 0.191 e. The van der Waals surface area contributed by atoms with Gasteiger partial charge in [0, 0.05) is 19.7 Å². The van der Waals surface area contributed by atoms with Crippen LogP contribution in [0.1, 0.15) is 32.6 Å². The van der Waals surface area contributed by atoms with Gasteiger partial charge < -0.3 is 20.3 Å². The number of aliphatic imine (C=N–C) groups is 1. The monoisotopic (exact) mass is 364 g/mol. The zero-order valence-corrected chi connectivity index (χ0v) is 16.3. The highest BCUT2D eigenvalue weighted by Gasteiger charge is 2.16. The molecule has 0 bridgehead atoms. The number of benzene rings is 1. The number of hydrogen-bond donors (Lipinski definition) is 2. The van der Waals surface area contributed by atoms with Crippen molar-refractivity contribution in [1.82, 2.24) is 15.5 Å². The number of piperidine rings is 1. The summed E-state index contributed by atoms with van der Waals surface area (Å²) in [6.45, 7) is 6.01. The third kappa shape index (κ3) is 7.20. The fourth-order valence-electron chi connectivity index (χ4n) is 3.18. The predicted molar refractivity (Wildman–Crippen MR) is 105 cm³/mol. The molecule has 146 valence electrons. The molecule has 1 aromatic rings. The normalized spacial score (nSPS) is 17.8. The first-order chi connectivity index (χ1) is 12.6. The Bertz CT molecular complexity index is 558. The third-order valence-corrected chi connectivity index (χ3v) is 4.96. The minimum absolute atomic E-state index is 0.0377. The van der Waals surface area contributed by atoms with Gasteiger partial charge in [0.25, 0.3) is 0 Å². The molecule has 0 saturated carbocycles. The van der Waals surface area contributed by atoms with Crippen molar-refractivity contribution in [3.05, 3.63) is 30.1 Å². The van der Waals surface area contributed by atoms with E-state index in [1.165, 1.54) is 44.5 Å². The minimum Gasteiger partial charge on any atom is -0.489 e. The summed E-state index contributed by atoms with van der Waals surface area (Å²) in [6.07, 6.45) is 4.53. The molecule has 1 saturated heterocycles. The van der Waals surface area contributed by atoms with Crippen LogP contribution in [0.4, 0.5) is 4.39 Å². The Kier molecular flexibility index (Phi) is 8.68. The highest BCUT2D eigenvalue weighted by Crippen LogP contribution is 2.18. The molecule has 26 heavy (non-hydrogen) atoms. The third-order valence-electron chi connectivity index (χ3n) is 4.96. The summed E-state index contributed by atoms with van der Waals surface area (Å²) < 4.78 is 19.1. The minimum atomic E-state index is -0.281. The summed E-state index contributed by atoms with van der Waals surface area (Å²) in [4.78, 5) is 6.68. The zero-order chi connectivity index (χ0) is 18.8. The van der Waals surface area contributed by atoms with Crippen molar-refractivity contribution < 1.29 is 9.13 Å². The van der Waals surface area contributed by atoms with Gasteiger partial charge in [0.1, 0.15) is 17.7 Å². The molecule has 1 fully saturated rings. The van der Waals surface area contributed by atoms with Gasteiger partial charge in [-0.25, -0.2) is 4.39 Å². The fourth-order valence-corrected chi connectivity index (χ4v) is 3.18. The molecular weight excluding hydrogens is 331 g/mol. The molecule has 2 rings (SSSR count). The quantitative estimate of drug-likeness (QED) is 0.550. The molecule has 6 heteroatoms. The Morgan fingerprint density at radius 3 is 2.77 bits per heavy atom. The summed E-state index contributed by atoms with van der Waals surface area (Å²) in [6, 6.07) is 6.27. The van der Waals surface area contributed by atoms with Crippen molar-refractivity contribution in [2.45, 2.75) is 38.7 Å². The van der Waals surface area contributed by atoms with E-state index < -0.39 is 0 Å². The van der Waals surface area contributed by atoms with Crippen molar-refractivity contribution >= 4 is 5.96 Å². The smallest absolute Gasteiger partial charge is 0.191 e. The standard InChI is InChI=1S/C20H33FN4O/c1-4-18(26-19-7-5-6-17(21)14-19)15-24-20(22-2)23-11-8-16-9-12-25(3)13-10-16/h5-7,14,16,18H,4,8-13,15H2,1-3H3,(H2,22,23,24). The lowest BCUT2D eigenvalue weighted by Gasteiger charge is -2.29. The largest absolute Gasteiger partial charge is 0.489 e. The van der Waals surface area contributed by atoms with E-state index in [0.717, 1.165) is 24.8 Å². The molecule has 0 radical (unpaired) electrons. The van der Waals surface area contributed by atoms with Gasteiger partial charge in [0.15, 0.2) is 5.96 Å². The van der Waals surface area contributed by atoms with E-state index in [1.807, 2.05) is 0 Å². The number of nitrogens with zero attached hydrogens (tertiary/aromatic N) is 2. The van der Waals surface area contributed by atoms with E-state index in [0.29, 0.717) is 12.3 Å². The summed E-state index contributed by atoms with van der Waals surface area (Å²) >= 11 is 0. The van der Waals surface area contributed by atoms with Crippen LogP contribution in [-0.2, 0) is 0 Å². The fraction of sp³-hybridized carbons (Fsp3) is 0.650. The number of guanidine groups is 1. The van der Waals surface area contributed by atoms with Crippen molar-refractivity contribution in [3.8, 4) is 5.75 Å². The van der Waals surface area contributed by atoms with Crippen molar-refractivity contribution in [2.75, 3.05) is 40.3 Å². The van der Waals surface area contributed by atoms with E-state index in [9.17, 15) is 4.39 Å². The van der Waals surface area contributed by atoms with Crippen LogP contribution in [0.2, 0.25) is 0 Å². The second-order valence-corrected chi connectivity index (χ2v) is 7.02. The summed E-state index contributed by atoms with van der Waals surface area (Å²) in [5.41, 5.74) is 0. The highest BCUT2D eigenvalue weighted by atomic mass is 19.1. The van der Waals surface area contributed by atoms with Gasteiger partial charge in [-0.1, -0.05) is 13.0 Å². The van der Waals surface area contributed by atoms with Gasteiger partial charge in [-0.2, -0.15) is 0 Å². The first-order valence-corrected chi connectivity index (χ1v) is 9.66. The van der Waals surface area contributed by atoms with Crippen LogP contribution in [0.25, 0.3) is 0 Å².